The second kappa shape index (κ2) is 9.20. The second-order valence-corrected chi connectivity index (χ2v) is 7.67. The molecule has 0 aliphatic heterocycles. The van der Waals surface area contributed by atoms with Gasteiger partial charge in [-0.1, -0.05) is 11.6 Å². The van der Waals surface area contributed by atoms with E-state index in [9.17, 15) is 14.4 Å². The molecule has 10 heteroatoms. The molecule has 152 valence electrons. The van der Waals surface area contributed by atoms with Crippen LogP contribution < -0.4 is 5.32 Å². The summed E-state index contributed by atoms with van der Waals surface area (Å²) in [4.78, 5) is 37.4. The maximum Gasteiger partial charge on any atom is 0.348 e. The molecule has 8 nitrogen and oxygen atoms in total. The van der Waals surface area contributed by atoms with Gasteiger partial charge in [-0.2, -0.15) is 5.10 Å². The number of esters is 2. The third-order valence-electron chi connectivity index (χ3n) is 3.60. The quantitative estimate of drug-likeness (QED) is 0.678. The molecule has 28 heavy (non-hydrogen) atoms. The van der Waals surface area contributed by atoms with Crippen LogP contribution in [0.3, 0.4) is 0 Å². The Morgan fingerprint density at radius 2 is 1.96 bits per heavy atom. The van der Waals surface area contributed by atoms with Crippen molar-refractivity contribution in [1.29, 1.82) is 0 Å². The van der Waals surface area contributed by atoms with E-state index < -0.39 is 17.8 Å². The monoisotopic (exact) mass is 427 g/mol. The van der Waals surface area contributed by atoms with Gasteiger partial charge in [0.1, 0.15) is 16.4 Å². The fraction of sp³-hybridized carbons (Fsp3) is 0.444. The number of hydrogen-bond acceptors (Lipinski definition) is 7. The smallest absolute Gasteiger partial charge is 0.348 e. The predicted molar refractivity (Wildman–Crippen MR) is 106 cm³/mol. The molecule has 0 aliphatic rings. The summed E-state index contributed by atoms with van der Waals surface area (Å²) in [5, 5.41) is 7.47. The average molecular weight is 428 g/mol. The number of rotatable bonds is 7. The first-order chi connectivity index (χ1) is 13.1. The van der Waals surface area contributed by atoms with Gasteiger partial charge in [-0.15, -0.1) is 11.3 Å². The van der Waals surface area contributed by atoms with Crippen molar-refractivity contribution in [3.05, 3.63) is 32.9 Å². The van der Waals surface area contributed by atoms with E-state index in [1.54, 1.807) is 34.6 Å². The number of ether oxygens (including phenoxy) is 2. The fourth-order valence-electron chi connectivity index (χ4n) is 2.40. The van der Waals surface area contributed by atoms with Crippen LogP contribution in [0, 0.1) is 13.8 Å². The Morgan fingerprint density at radius 3 is 2.50 bits per heavy atom. The topological polar surface area (TPSA) is 99.5 Å². The lowest BCUT2D eigenvalue weighted by molar-refractivity contribution is -0.116. The lowest BCUT2D eigenvalue weighted by Crippen LogP contribution is -2.21. The molecule has 0 aliphatic carbocycles. The Bertz CT molecular complexity index is 884. The van der Waals surface area contributed by atoms with Crippen LogP contribution in [-0.2, 0) is 20.8 Å². The Kier molecular flexibility index (Phi) is 7.20. The molecular formula is C18H22ClN3O5S. The number of thiophene rings is 1. The highest BCUT2D eigenvalue weighted by Crippen LogP contribution is 2.34. The summed E-state index contributed by atoms with van der Waals surface area (Å²) in [6, 6.07) is 0. The zero-order valence-electron chi connectivity index (χ0n) is 16.3. The molecule has 0 saturated heterocycles. The van der Waals surface area contributed by atoms with Gasteiger partial charge in [-0.25, -0.2) is 9.59 Å². The summed E-state index contributed by atoms with van der Waals surface area (Å²) in [5.41, 5.74) is 1.15. The van der Waals surface area contributed by atoms with Crippen LogP contribution in [0.5, 0.6) is 0 Å². The van der Waals surface area contributed by atoms with Crippen molar-refractivity contribution < 1.29 is 23.9 Å². The van der Waals surface area contributed by atoms with Gasteiger partial charge in [0.25, 0.3) is 0 Å². The summed E-state index contributed by atoms with van der Waals surface area (Å²) >= 11 is 6.93. The first-order valence-electron chi connectivity index (χ1n) is 8.64. The van der Waals surface area contributed by atoms with Gasteiger partial charge in [0.15, 0.2) is 0 Å². The van der Waals surface area contributed by atoms with E-state index >= 15 is 0 Å². The average Bonchev–Trinajstić information content (AvgIpc) is 3.06. The molecule has 0 radical (unpaired) electrons. The number of halogens is 1. The van der Waals surface area contributed by atoms with Crippen LogP contribution in [0.4, 0.5) is 5.00 Å². The van der Waals surface area contributed by atoms with Gasteiger partial charge in [0, 0.05) is 6.20 Å². The van der Waals surface area contributed by atoms with Gasteiger partial charge >= 0.3 is 11.9 Å². The molecule has 1 N–H and O–H groups in total. The van der Waals surface area contributed by atoms with Crippen LogP contribution >= 0.6 is 22.9 Å². The number of hydrogen-bond donors (Lipinski definition) is 1. The number of aromatic nitrogens is 2. The van der Waals surface area contributed by atoms with Gasteiger partial charge in [-0.3, -0.25) is 9.48 Å². The molecule has 0 saturated carbocycles. The van der Waals surface area contributed by atoms with E-state index in [0.717, 1.165) is 11.3 Å². The SMILES string of the molecule is CCOC(=O)c1sc(NC(=O)Cn2cc(Cl)c(C)n2)c(C(=O)OC(C)C)c1C. The third kappa shape index (κ3) is 5.11. The summed E-state index contributed by atoms with van der Waals surface area (Å²) in [7, 11) is 0. The van der Waals surface area contributed by atoms with Crippen molar-refractivity contribution >= 4 is 45.8 Å². The molecule has 0 fully saturated rings. The molecular weight excluding hydrogens is 406 g/mol. The van der Waals surface area contributed by atoms with Crippen LogP contribution in [-0.4, -0.2) is 40.3 Å². The number of nitrogens with zero attached hydrogens (tertiary/aromatic N) is 2. The summed E-state index contributed by atoms with van der Waals surface area (Å²) in [5.74, 6) is -1.60. The van der Waals surface area contributed by atoms with Crippen LogP contribution in [0.15, 0.2) is 6.20 Å². The highest BCUT2D eigenvalue weighted by Gasteiger charge is 2.28. The standard InChI is InChI=1S/C18H22ClN3O5S/c1-6-26-18(25)15-10(4)14(17(24)27-9(2)3)16(28-15)20-13(23)8-22-7-12(19)11(5)21-22/h7,9H,6,8H2,1-5H3,(H,20,23). The first kappa shape index (κ1) is 21.9. The van der Waals surface area contributed by atoms with E-state index in [1.807, 2.05) is 0 Å². The Labute approximate surface area is 171 Å². The molecule has 0 bridgehead atoms. The number of carbonyl (C=O) groups excluding carboxylic acids is 3. The predicted octanol–water partition coefficient (Wildman–Crippen LogP) is 3.60. The van der Waals surface area contributed by atoms with E-state index in [-0.39, 0.29) is 34.7 Å². The summed E-state index contributed by atoms with van der Waals surface area (Å²) in [6.07, 6.45) is 1.18. The molecule has 2 rings (SSSR count). The van der Waals surface area contributed by atoms with Crippen molar-refractivity contribution in [3.63, 3.8) is 0 Å². The maximum absolute atomic E-state index is 12.5. The minimum absolute atomic E-state index is 0.0993. The van der Waals surface area contributed by atoms with E-state index in [1.165, 1.54) is 10.9 Å². The minimum Gasteiger partial charge on any atom is -0.462 e. The summed E-state index contributed by atoms with van der Waals surface area (Å²) < 4.78 is 11.7. The molecule has 0 spiro atoms. The zero-order valence-corrected chi connectivity index (χ0v) is 17.9. The Morgan fingerprint density at radius 1 is 1.29 bits per heavy atom. The van der Waals surface area contributed by atoms with E-state index in [0.29, 0.717) is 16.3 Å². The number of amides is 1. The number of anilines is 1. The van der Waals surface area contributed by atoms with Gasteiger partial charge in [0.2, 0.25) is 5.91 Å². The van der Waals surface area contributed by atoms with E-state index in [4.69, 9.17) is 21.1 Å². The van der Waals surface area contributed by atoms with E-state index in [2.05, 4.69) is 10.4 Å². The molecule has 2 aromatic heterocycles. The van der Waals surface area contributed by atoms with Gasteiger partial charge < -0.3 is 14.8 Å². The molecule has 2 heterocycles. The Hall–Kier alpha value is -2.39. The first-order valence-corrected chi connectivity index (χ1v) is 9.84. The molecule has 0 atom stereocenters. The summed E-state index contributed by atoms with van der Waals surface area (Å²) in [6.45, 7) is 8.56. The number of carbonyl (C=O) groups is 3. The lowest BCUT2D eigenvalue weighted by atomic mass is 10.1. The van der Waals surface area contributed by atoms with Gasteiger partial charge in [0.05, 0.1) is 29.0 Å². The van der Waals surface area contributed by atoms with Crippen LogP contribution in [0.25, 0.3) is 0 Å². The minimum atomic E-state index is -0.618. The van der Waals surface area contributed by atoms with Crippen molar-refractivity contribution in [2.75, 3.05) is 11.9 Å². The largest absolute Gasteiger partial charge is 0.462 e. The lowest BCUT2D eigenvalue weighted by Gasteiger charge is -2.10. The second-order valence-electron chi connectivity index (χ2n) is 6.24. The highest BCUT2D eigenvalue weighted by atomic mass is 35.5. The zero-order chi connectivity index (χ0) is 21.0. The molecule has 2 aromatic rings. The molecule has 0 aromatic carbocycles. The van der Waals surface area contributed by atoms with Crippen LogP contribution in [0.2, 0.25) is 5.02 Å². The van der Waals surface area contributed by atoms with Crippen molar-refractivity contribution in [3.8, 4) is 0 Å². The highest BCUT2D eigenvalue weighted by molar-refractivity contribution is 7.18. The van der Waals surface area contributed by atoms with Crippen molar-refractivity contribution in [2.45, 2.75) is 47.3 Å². The number of nitrogens with one attached hydrogen (secondary N) is 1. The number of aryl methyl sites for hydroxylation is 1. The molecule has 0 unspecified atom stereocenters. The van der Waals surface area contributed by atoms with Crippen molar-refractivity contribution in [1.82, 2.24) is 9.78 Å². The normalized spacial score (nSPS) is 10.8. The fourth-order valence-corrected chi connectivity index (χ4v) is 3.65. The maximum atomic E-state index is 12.5. The Balaban J connectivity index is 2.31. The molecule has 1 amide bonds. The van der Waals surface area contributed by atoms with Gasteiger partial charge in [-0.05, 0) is 40.2 Å². The van der Waals surface area contributed by atoms with Crippen LogP contribution in [0.1, 0.15) is 52.1 Å². The van der Waals surface area contributed by atoms with Crippen molar-refractivity contribution in [2.24, 2.45) is 0 Å². The third-order valence-corrected chi connectivity index (χ3v) is 5.16.